The summed E-state index contributed by atoms with van der Waals surface area (Å²) in [6, 6.07) is 0.631. The van der Waals surface area contributed by atoms with Gasteiger partial charge in [0.2, 0.25) is 0 Å². The van der Waals surface area contributed by atoms with Crippen LogP contribution in [0.15, 0.2) is 10.8 Å². The maximum absolute atomic E-state index is 3.59. The van der Waals surface area contributed by atoms with Gasteiger partial charge in [0.25, 0.3) is 0 Å². The van der Waals surface area contributed by atoms with E-state index in [2.05, 4.69) is 43.8 Å². The second-order valence-electron chi connectivity index (χ2n) is 4.83. The lowest BCUT2D eigenvalue weighted by Gasteiger charge is -2.14. The molecule has 15 heavy (non-hydrogen) atoms. The van der Waals surface area contributed by atoms with E-state index in [1.54, 1.807) is 11.3 Å². The minimum atomic E-state index is 0.631. The van der Waals surface area contributed by atoms with Crippen LogP contribution in [0.25, 0.3) is 0 Å². The number of hydrogen-bond acceptors (Lipinski definition) is 2. The van der Waals surface area contributed by atoms with E-state index in [9.17, 15) is 0 Å². The number of thiophene rings is 1. The van der Waals surface area contributed by atoms with Crippen molar-refractivity contribution in [3.63, 3.8) is 0 Å². The molecular formula is C13H23NS. The summed E-state index contributed by atoms with van der Waals surface area (Å²) in [5.41, 5.74) is 2.87. The molecule has 86 valence electrons. The van der Waals surface area contributed by atoms with E-state index in [0.717, 1.165) is 12.5 Å². The molecule has 1 heterocycles. The molecule has 1 nitrogen and oxygen atoms in total. The smallest absolute Gasteiger partial charge is 0.0218 e. The van der Waals surface area contributed by atoms with Crippen LogP contribution in [0.3, 0.4) is 0 Å². The van der Waals surface area contributed by atoms with Gasteiger partial charge in [-0.15, -0.1) is 0 Å². The van der Waals surface area contributed by atoms with Gasteiger partial charge < -0.3 is 5.32 Å². The van der Waals surface area contributed by atoms with Crippen LogP contribution >= 0.6 is 11.3 Å². The maximum Gasteiger partial charge on any atom is 0.0218 e. The number of rotatable bonds is 6. The molecule has 1 aromatic rings. The normalized spacial score (nSPS) is 13.4. The van der Waals surface area contributed by atoms with E-state index in [0.29, 0.717) is 6.04 Å². The lowest BCUT2D eigenvalue weighted by molar-refractivity contribution is 0.450. The Morgan fingerprint density at radius 1 is 1.20 bits per heavy atom. The van der Waals surface area contributed by atoms with Crippen LogP contribution in [0.5, 0.6) is 0 Å². The van der Waals surface area contributed by atoms with Crippen LogP contribution in [0.1, 0.15) is 44.7 Å². The van der Waals surface area contributed by atoms with Crippen LogP contribution < -0.4 is 5.32 Å². The molecule has 1 unspecified atom stereocenters. The van der Waals surface area contributed by atoms with Gasteiger partial charge in [-0.1, -0.05) is 13.8 Å². The third-order valence-electron chi connectivity index (χ3n) is 2.78. The van der Waals surface area contributed by atoms with Crippen LogP contribution in [0.2, 0.25) is 0 Å². The van der Waals surface area contributed by atoms with Gasteiger partial charge in [0.05, 0.1) is 0 Å². The van der Waals surface area contributed by atoms with Gasteiger partial charge in [-0.3, -0.25) is 0 Å². The van der Waals surface area contributed by atoms with E-state index in [1.165, 1.54) is 24.0 Å². The van der Waals surface area contributed by atoms with Gasteiger partial charge in [-0.05, 0) is 54.5 Å². The van der Waals surface area contributed by atoms with Crippen molar-refractivity contribution in [1.82, 2.24) is 5.32 Å². The molecule has 1 N–H and O–H groups in total. The highest BCUT2D eigenvalue weighted by Crippen LogP contribution is 2.14. The fourth-order valence-corrected chi connectivity index (χ4v) is 2.39. The second kappa shape index (κ2) is 6.29. The van der Waals surface area contributed by atoms with Crippen molar-refractivity contribution < 1.29 is 0 Å². The predicted octanol–water partition coefficient (Wildman–Crippen LogP) is 3.97. The first-order valence-electron chi connectivity index (χ1n) is 5.84. The van der Waals surface area contributed by atoms with Crippen molar-refractivity contribution in [1.29, 1.82) is 0 Å². The molecule has 2 heteroatoms. The summed E-state index contributed by atoms with van der Waals surface area (Å²) in [7, 11) is 0. The summed E-state index contributed by atoms with van der Waals surface area (Å²) in [4.78, 5) is 0. The fraction of sp³-hybridized carbons (Fsp3) is 0.692. The average molecular weight is 225 g/mol. The molecule has 0 radical (unpaired) electrons. The standard InChI is InChI=1S/C13H23NS/c1-10(2)5-6-12(4)14-7-13-9-15-8-11(13)3/h8-10,12,14H,5-7H2,1-4H3. The monoisotopic (exact) mass is 225 g/mol. The Hall–Kier alpha value is -0.340. The third kappa shape index (κ3) is 4.80. The van der Waals surface area contributed by atoms with Crippen molar-refractivity contribution in [2.75, 3.05) is 0 Å². The van der Waals surface area contributed by atoms with Crippen molar-refractivity contribution in [3.8, 4) is 0 Å². The van der Waals surface area contributed by atoms with Crippen molar-refractivity contribution >= 4 is 11.3 Å². The molecule has 0 saturated heterocycles. The highest BCUT2D eigenvalue weighted by molar-refractivity contribution is 7.08. The number of hydrogen-bond donors (Lipinski definition) is 1. The molecule has 0 aliphatic heterocycles. The summed E-state index contributed by atoms with van der Waals surface area (Å²) in [6.45, 7) is 10.1. The summed E-state index contributed by atoms with van der Waals surface area (Å²) in [6.07, 6.45) is 2.59. The average Bonchev–Trinajstić information content (AvgIpc) is 2.58. The molecule has 0 aliphatic carbocycles. The summed E-state index contributed by atoms with van der Waals surface area (Å²) >= 11 is 1.80. The highest BCUT2D eigenvalue weighted by atomic mass is 32.1. The summed E-state index contributed by atoms with van der Waals surface area (Å²) < 4.78 is 0. The quantitative estimate of drug-likeness (QED) is 0.772. The minimum absolute atomic E-state index is 0.631. The Balaban J connectivity index is 2.22. The van der Waals surface area contributed by atoms with E-state index in [4.69, 9.17) is 0 Å². The maximum atomic E-state index is 3.59. The molecular weight excluding hydrogens is 202 g/mol. The topological polar surface area (TPSA) is 12.0 Å². The Morgan fingerprint density at radius 2 is 1.93 bits per heavy atom. The summed E-state index contributed by atoms with van der Waals surface area (Å²) in [5, 5.41) is 8.05. The van der Waals surface area contributed by atoms with E-state index in [-0.39, 0.29) is 0 Å². The number of aryl methyl sites for hydroxylation is 1. The first kappa shape index (κ1) is 12.7. The first-order chi connectivity index (χ1) is 7.09. The van der Waals surface area contributed by atoms with E-state index in [1.807, 2.05) is 0 Å². The fourth-order valence-electron chi connectivity index (χ4n) is 1.54. The molecule has 0 aliphatic rings. The zero-order valence-electron chi connectivity index (χ0n) is 10.3. The zero-order chi connectivity index (χ0) is 11.3. The Labute approximate surface area is 97.9 Å². The van der Waals surface area contributed by atoms with Crippen molar-refractivity contribution in [2.24, 2.45) is 5.92 Å². The number of nitrogens with one attached hydrogen (secondary N) is 1. The van der Waals surface area contributed by atoms with Crippen molar-refractivity contribution in [2.45, 2.75) is 53.1 Å². The molecule has 0 saturated carbocycles. The Kier molecular flexibility index (Phi) is 5.34. The second-order valence-corrected chi connectivity index (χ2v) is 5.58. The van der Waals surface area contributed by atoms with Gasteiger partial charge >= 0.3 is 0 Å². The van der Waals surface area contributed by atoms with E-state index < -0.39 is 0 Å². The Bertz CT molecular complexity index is 278. The van der Waals surface area contributed by atoms with Gasteiger partial charge in [0, 0.05) is 12.6 Å². The Morgan fingerprint density at radius 3 is 2.47 bits per heavy atom. The highest BCUT2D eigenvalue weighted by Gasteiger charge is 2.04. The molecule has 0 amide bonds. The van der Waals surface area contributed by atoms with Crippen LogP contribution in [0.4, 0.5) is 0 Å². The molecule has 1 aromatic heterocycles. The lowest BCUT2D eigenvalue weighted by Crippen LogP contribution is -2.25. The van der Waals surface area contributed by atoms with Crippen LogP contribution in [-0.4, -0.2) is 6.04 Å². The SMILES string of the molecule is Cc1cscc1CNC(C)CCC(C)C. The first-order valence-corrected chi connectivity index (χ1v) is 6.79. The minimum Gasteiger partial charge on any atom is -0.310 e. The van der Waals surface area contributed by atoms with E-state index >= 15 is 0 Å². The molecule has 1 atom stereocenters. The third-order valence-corrected chi connectivity index (χ3v) is 3.69. The van der Waals surface area contributed by atoms with Crippen LogP contribution in [0, 0.1) is 12.8 Å². The van der Waals surface area contributed by atoms with Gasteiger partial charge in [0.1, 0.15) is 0 Å². The predicted molar refractivity (Wildman–Crippen MR) is 69.4 cm³/mol. The van der Waals surface area contributed by atoms with Gasteiger partial charge in [0.15, 0.2) is 0 Å². The van der Waals surface area contributed by atoms with Gasteiger partial charge in [-0.25, -0.2) is 0 Å². The molecule has 0 bridgehead atoms. The molecule has 0 spiro atoms. The van der Waals surface area contributed by atoms with Crippen LogP contribution in [-0.2, 0) is 6.54 Å². The van der Waals surface area contributed by atoms with Gasteiger partial charge in [-0.2, -0.15) is 11.3 Å². The van der Waals surface area contributed by atoms with Crippen molar-refractivity contribution in [3.05, 3.63) is 21.9 Å². The largest absolute Gasteiger partial charge is 0.310 e. The molecule has 1 rings (SSSR count). The summed E-state index contributed by atoms with van der Waals surface area (Å²) in [5.74, 6) is 0.817. The molecule has 0 aromatic carbocycles. The lowest BCUT2D eigenvalue weighted by atomic mass is 10.0. The molecule has 0 fully saturated rings. The zero-order valence-corrected chi connectivity index (χ0v) is 11.2.